The number of thiophene rings is 1. The van der Waals surface area contributed by atoms with Crippen LogP contribution in [0.25, 0.3) is 10.4 Å². The second-order valence-corrected chi connectivity index (χ2v) is 10.8. The third-order valence-corrected chi connectivity index (χ3v) is 8.89. The molecule has 0 bridgehead atoms. The number of nitrogens with zero attached hydrogens (tertiary/aromatic N) is 1. The second-order valence-electron chi connectivity index (χ2n) is 7.13. The Morgan fingerprint density at radius 1 is 1.10 bits per heavy atom. The molecule has 162 valence electrons. The van der Waals surface area contributed by atoms with E-state index in [4.69, 9.17) is 16.3 Å². The van der Waals surface area contributed by atoms with Crippen LogP contribution in [0.1, 0.15) is 15.9 Å². The van der Waals surface area contributed by atoms with Crippen LogP contribution >= 0.6 is 22.9 Å². The fourth-order valence-corrected chi connectivity index (χ4v) is 6.26. The molecule has 1 fully saturated rings. The topological polar surface area (TPSA) is 75.7 Å². The van der Waals surface area contributed by atoms with Crippen molar-refractivity contribution in [2.24, 2.45) is 0 Å². The number of carbonyl (C=O) groups is 1. The van der Waals surface area contributed by atoms with Crippen molar-refractivity contribution in [3.05, 3.63) is 70.7 Å². The van der Waals surface area contributed by atoms with Crippen molar-refractivity contribution in [1.82, 2.24) is 4.31 Å². The molecule has 1 aliphatic heterocycles. The van der Waals surface area contributed by atoms with E-state index in [1.165, 1.54) is 15.6 Å². The number of nitrogens with one attached hydrogen (secondary N) is 1. The summed E-state index contributed by atoms with van der Waals surface area (Å²) in [5, 5.41) is 3.43. The molecule has 3 aromatic rings. The lowest BCUT2D eigenvalue weighted by Gasteiger charge is -2.25. The largest absolute Gasteiger partial charge is 0.379 e. The van der Waals surface area contributed by atoms with Crippen molar-refractivity contribution in [3.63, 3.8) is 0 Å². The number of carbonyl (C=O) groups excluding carboxylic acids is 1. The summed E-state index contributed by atoms with van der Waals surface area (Å²) in [6, 6.07) is 15.8. The zero-order valence-corrected chi connectivity index (χ0v) is 19.2. The third-order valence-electron chi connectivity index (χ3n) is 4.98. The average Bonchev–Trinajstić information content (AvgIpc) is 3.28. The number of hydrogen-bond acceptors (Lipinski definition) is 5. The monoisotopic (exact) mass is 476 g/mol. The van der Waals surface area contributed by atoms with E-state index in [1.54, 1.807) is 42.5 Å². The van der Waals surface area contributed by atoms with Crippen LogP contribution in [0.2, 0.25) is 5.02 Å². The number of ether oxygens (including phenoxy) is 1. The van der Waals surface area contributed by atoms with E-state index in [9.17, 15) is 13.2 Å². The van der Waals surface area contributed by atoms with E-state index < -0.39 is 10.0 Å². The van der Waals surface area contributed by atoms with Crippen molar-refractivity contribution >= 4 is 44.6 Å². The lowest BCUT2D eigenvalue weighted by molar-refractivity contribution is 0.0731. The number of halogens is 1. The summed E-state index contributed by atoms with van der Waals surface area (Å²) in [6.07, 6.45) is 0. The molecular formula is C22H21ClN2O4S2. The van der Waals surface area contributed by atoms with Gasteiger partial charge in [0.1, 0.15) is 4.21 Å². The highest BCUT2D eigenvalue weighted by atomic mass is 35.5. The Morgan fingerprint density at radius 3 is 2.61 bits per heavy atom. The van der Waals surface area contributed by atoms with Crippen LogP contribution in [0.15, 0.2) is 58.8 Å². The Hall–Kier alpha value is -2.23. The van der Waals surface area contributed by atoms with E-state index >= 15 is 0 Å². The normalized spacial score (nSPS) is 15.0. The summed E-state index contributed by atoms with van der Waals surface area (Å²) in [7, 11) is -3.54. The highest BCUT2D eigenvalue weighted by Gasteiger charge is 2.28. The van der Waals surface area contributed by atoms with Crippen molar-refractivity contribution in [3.8, 4) is 10.4 Å². The zero-order valence-electron chi connectivity index (χ0n) is 16.8. The van der Waals surface area contributed by atoms with Crippen molar-refractivity contribution in [2.75, 3.05) is 31.6 Å². The minimum absolute atomic E-state index is 0.264. The van der Waals surface area contributed by atoms with E-state index in [0.717, 1.165) is 16.0 Å². The number of amides is 1. The molecule has 9 heteroatoms. The maximum Gasteiger partial charge on any atom is 0.255 e. The SMILES string of the molecule is Cc1ccc(NC(=O)c2cccc(-c3ccc(S(=O)(=O)N4CCOCC4)s3)c2)cc1Cl. The van der Waals surface area contributed by atoms with Gasteiger partial charge in [-0.1, -0.05) is 29.8 Å². The number of rotatable bonds is 5. The molecule has 2 heterocycles. The second kappa shape index (κ2) is 9.10. The molecule has 2 aromatic carbocycles. The van der Waals surface area contributed by atoms with Crippen LogP contribution in [0, 0.1) is 6.92 Å². The molecule has 0 spiro atoms. The maximum atomic E-state index is 12.9. The van der Waals surface area contributed by atoms with Gasteiger partial charge in [-0.25, -0.2) is 8.42 Å². The van der Waals surface area contributed by atoms with E-state index in [0.29, 0.717) is 42.6 Å². The minimum Gasteiger partial charge on any atom is -0.379 e. The van der Waals surface area contributed by atoms with E-state index in [2.05, 4.69) is 5.32 Å². The summed E-state index contributed by atoms with van der Waals surface area (Å²) < 4.78 is 32.7. The van der Waals surface area contributed by atoms with Gasteiger partial charge in [-0.2, -0.15) is 4.31 Å². The molecule has 0 saturated carbocycles. The van der Waals surface area contributed by atoms with Gasteiger partial charge in [0.15, 0.2) is 0 Å². The molecule has 6 nitrogen and oxygen atoms in total. The first-order chi connectivity index (χ1) is 14.8. The summed E-state index contributed by atoms with van der Waals surface area (Å²) in [6.45, 7) is 3.41. The first-order valence-corrected chi connectivity index (χ1v) is 12.3. The molecular weight excluding hydrogens is 456 g/mol. The van der Waals surface area contributed by atoms with Gasteiger partial charge in [-0.15, -0.1) is 11.3 Å². The molecule has 0 atom stereocenters. The highest BCUT2D eigenvalue weighted by Crippen LogP contribution is 2.33. The van der Waals surface area contributed by atoms with Crippen LogP contribution in [0.5, 0.6) is 0 Å². The molecule has 1 aromatic heterocycles. The lowest BCUT2D eigenvalue weighted by atomic mass is 10.1. The lowest BCUT2D eigenvalue weighted by Crippen LogP contribution is -2.40. The van der Waals surface area contributed by atoms with E-state index in [1.807, 2.05) is 19.1 Å². The fraction of sp³-hybridized carbons (Fsp3) is 0.227. The van der Waals surface area contributed by atoms with Gasteiger partial charge in [0.25, 0.3) is 15.9 Å². The fourth-order valence-electron chi connectivity index (χ4n) is 3.22. The molecule has 1 saturated heterocycles. The third kappa shape index (κ3) is 4.83. The average molecular weight is 477 g/mol. The van der Waals surface area contributed by atoms with Crippen LogP contribution in [-0.2, 0) is 14.8 Å². The molecule has 1 aliphatic rings. The Balaban J connectivity index is 1.54. The van der Waals surface area contributed by atoms with Crippen molar-refractivity contribution in [2.45, 2.75) is 11.1 Å². The Morgan fingerprint density at radius 2 is 1.87 bits per heavy atom. The summed E-state index contributed by atoms with van der Waals surface area (Å²) in [4.78, 5) is 13.5. The molecule has 1 N–H and O–H groups in total. The molecule has 0 unspecified atom stereocenters. The molecule has 0 radical (unpaired) electrons. The van der Waals surface area contributed by atoms with Gasteiger partial charge in [-0.3, -0.25) is 4.79 Å². The van der Waals surface area contributed by atoms with Crippen LogP contribution in [0.3, 0.4) is 0 Å². The van der Waals surface area contributed by atoms with E-state index in [-0.39, 0.29) is 10.1 Å². The van der Waals surface area contributed by atoms with Crippen LogP contribution in [0.4, 0.5) is 5.69 Å². The quantitative estimate of drug-likeness (QED) is 0.581. The summed E-state index contributed by atoms with van der Waals surface area (Å²) >= 11 is 7.33. The maximum absolute atomic E-state index is 12.9. The minimum atomic E-state index is -3.54. The molecule has 0 aliphatic carbocycles. The summed E-state index contributed by atoms with van der Waals surface area (Å²) in [5.41, 5.74) is 2.80. The van der Waals surface area contributed by atoms with Crippen LogP contribution in [-0.4, -0.2) is 44.9 Å². The number of anilines is 1. The molecule has 4 rings (SSSR count). The van der Waals surface area contributed by atoms with Crippen molar-refractivity contribution < 1.29 is 17.9 Å². The van der Waals surface area contributed by atoms with Gasteiger partial charge in [0.05, 0.1) is 13.2 Å². The first-order valence-electron chi connectivity index (χ1n) is 9.70. The molecule has 1 amide bonds. The predicted octanol–water partition coefficient (Wildman–Crippen LogP) is 4.65. The number of sulfonamides is 1. The van der Waals surface area contributed by atoms with Gasteiger partial charge in [0.2, 0.25) is 0 Å². The number of morpholine rings is 1. The number of hydrogen-bond donors (Lipinski definition) is 1. The Labute approximate surface area is 190 Å². The number of aryl methyl sites for hydroxylation is 1. The summed E-state index contributed by atoms with van der Waals surface area (Å²) in [5.74, 6) is -0.264. The van der Waals surface area contributed by atoms with Gasteiger partial charge in [0, 0.05) is 34.2 Å². The Bertz CT molecular complexity index is 1220. The highest BCUT2D eigenvalue weighted by molar-refractivity contribution is 7.91. The standard InChI is InChI=1S/C22H21ClN2O4S2/c1-15-5-6-18(14-19(15)23)24-22(26)17-4-2-3-16(13-17)20-7-8-21(30-20)31(27,28)25-9-11-29-12-10-25/h2-8,13-14H,9-12H2,1H3,(H,24,26). The number of benzene rings is 2. The Kier molecular flexibility index (Phi) is 6.45. The van der Waals surface area contributed by atoms with Gasteiger partial charge < -0.3 is 10.1 Å². The first kappa shape index (κ1) is 22.0. The van der Waals surface area contributed by atoms with Crippen LogP contribution < -0.4 is 5.32 Å². The van der Waals surface area contributed by atoms with Gasteiger partial charge >= 0.3 is 0 Å². The smallest absolute Gasteiger partial charge is 0.255 e. The zero-order chi connectivity index (χ0) is 22.0. The van der Waals surface area contributed by atoms with Crippen molar-refractivity contribution in [1.29, 1.82) is 0 Å². The predicted molar refractivity (Wildman–Crippen MR) is 123 cm³/mol. The van der Waals surface area contributed by atoms with Gasteiger partial charge in [-0.05, 0) is 54.4 Å². The molecule has 31 heavy (non-hydrogen) atoms.